The van der Waals surface area contributed by atoms with Gasteiger partial charge in [0.25, 0.3) is 0 Å². The van der Waals surface area contributed by atoms with Gasteiger partial charge in [0.05, 0.1) is 12.1 Å². The first-order valence-corrected chi connectivity index (χ1v) is 6.70. The first-order valence-electron chi connectivity index (χ1n) is 6.70. The molecule has 0 amide bonds. The maximum absolute atomic E-state index is 14.2. The van der Waals surface area contributed by atoms with Crippen LogP contribution in [-0.4, -0.2) is 23.0 Å². The van der Waals surface area contributed by atoms with Gasteiger partial charge in [0, 0.05) is 5.56 Å². The first kappa shape index (κ1) is 15.5. The van der Waals surface area contributed by atoms with Gasteiger partial charge in [-0.3, -0.25) is 0 Å². The summed E-state index contributed by atoms with van der Waals surface area (Å²) in [6.45, 7) is 0. The van der Waals surface area contributed by atoms with Crippen LogP contribution in [0.5, 0.6) is 0 Å². The van der Waals surface area contributed by atoms with Crippen molar-refractivity contribution in [1.82, 2.24) is 0 Å². The average molecular weight is 325 g/mol. The van der Waals surface area contributed by atoms with E-state index < -0.39 is 30.3 Å². The number of hydrogen-bond acceptors (Lipinski definition) is 3. The predicted molar refractivity (Wildman–Crippen MR) is 75.0 cm³/mol. The summed E-state index contributed by atoms with van der Waals surface area (Å²) >= 11 is 0. The van der Waals surface area contributed by atoms with E-state index in [0.29, 0.717) is 11.1 Å². The summed E-state index contributed by atoms with van der Waals surface area (Å²) in [7, 11) is 0. The molecule has 120 valence electrons. The van der Waals surface area contributed by atoms with Crippen LogP contribution in [-0.2, 0) is 4.84 Å². The minimum atomic E-state index is -3.16. The Kier molecular flexibility index (Phi) is 3.81. The molecule has 2 aromatic carbocycles. The lowest BCUT2D eigenvalue weighted by molar-refractivity contribution is -0.253. The number of benzene rings is 2. The molecule has 0 saturated carbocycles. The Bertz CT molecular complexity index is 761. The fourth-order valence-electron chi connectivity index (χ4n) is 2.27. The van der Waals surface area contributed by atoms with Crippen molar-refractivity contribution in [3.8, 4) is 11.1 Å². The molecule has 1 aliphatic rings. The van der Waals surface area contributed by atoms with Gasteiger partial charge >= 0.3 is 12.2 Å². The SMILES string of the molecule is OC1(C(F)F)CC(c2ccc(-c3ccc(F)cc3)cc2F)=NO1. The number of nitrogens with zero attached hydrogens (tertiary/aromatic N) is 1. The summed E-state index contributed by atoms with van der Waals surface area (Å²) in [5.41, 5.74) is 0.962. The van der Waals surface area contributed by atoms with E-state index in [-0.39, 0.29) is 11.3 Å². The zero-order valence-corrected chi connectivity index (χ0v) is 11.6. The molecule has 23 heavy (non-hydrogen) atoms. The van der Waals surface area contributed by atoms with Crippen molar-refractivity contribution in [3.63, 3.8) is 0 Å². The van der Waals surface area contributed by atoms with E-state index >= 15 is 0 Å². The van der Waals surface area contributed by atoms with Crippen molar-refractivity contribution in [2.45, 2.75) is 18.6 Å². The first-order chi connectivity index (χ1) is 10.9. The minimum Gasteiger partial charge on any atom is -0.353 e. The number of rotatable bonds is 3. The molecule has 1 unspecified atom stereocenters. The summed E-state index contributed by atoms with van der Waals surface area (Å²) in [4.78, 5) is 4.34. The zero-order chi connectivity index (χ0) is 16.6. The Hall–Kier alpha value is -2.41. The minimum absolute atomic E-state index is 0.0348. The number of aliphatic hydroxyl groups is 1. The van der Waals surface area contributed by atoms with Crippen molar-refractivity contribution in [2.24, 2.45) is 5.16 Å². The van der Waals surface area contributed by atoms with Gasteiger partial charge in [-0.2, -0.15) is 0 Å². The summed E-state index contributed by atoms with van der Waals surface area (Å²) in [6.07, 6.45) is -3.78. The topological polar surface area (TPSA) is 41.8 Å². The monoisotopic (exact) mass is 325 g/mol. The normalized spacial score (nSPS) is 20.5. The molecule has 0 aromatic heterocycles. The Morgan fingerprint density at radius 3 is 2.26 bits per heavy atom. The van der Waals surface area contributed by atoms with Crippen molar-refractivity contribution in [2.75, 3.05) is 0 Å². The second-order valence-electron chi connectivity index (χ2n) is 5.15. The molecular formula is C16H11F4NO2. The molecule has 1 atom stereocenters. The van der Waals surface area contributed by atoms with Gasteiger partial charge in [-0.05, 0) is 35.4 Å². The van der Waals surface area contributed by atoms with Crippen LogP contribution < -0.4 is 0 Å². The van der Waals surface area contributed by atoms with Gasteiger partial charge in [0.15, 0.2) is 0 Å². The summed E-state index contributed by atoms with van der Waals surface area (Å²) < 4.78 is 52.5. The van der Waals surface area contributed by atoms with Crippen LogP contribution in [0.3, 0.4) is 0 Å². The van der Waals surface area contributed by atoms with E-state index in [9.17, 15) is 22.7 Å². The fourth-order valence-corrected chi connectivity index (χ4v) is 2.27. The van der Waals surface area contributed by atoms with Crippen molar-refractivity contribution in [3.05, 3.63) is 59.7 Å². The molecule has 0 saturated heterocycles. The smallest absolute Gasteiger partial charge is 0.305 e. The molecule has 0 aliphatic carbocycles. The molecule has 0 bridgehead atoms. The Morgan fingerprint density at radius 1 is 1.04 bits per heavy atom. The molecule has 3 rings (SSSR count). The number of hydrogen-bond donors (Lipinski definition) is 1. The van der Waals surface area contributed by atoms with Crippen LogP contribution in [0, 0.1) is 11.6 Å². The second kappa shape index (κ2) is 5.66. The van der Waals surface area contributed by atoms with E-state index in [4.69, 9.17) is 0 Å². The standard InChI is InChI=1S/C16H11F4NO2/c17-11-4-1-9(2-5-11)10-3-6-12(13(18)7-10)14-8-16(22,15(19)20)23-21-14/h1-7,15,22H,8H2. The maximum Gasteiger partial charge on any atom is 0.305 e. The average Bonchev–Trinajstić information content (AvgIpc) is 2.91. The summed E-state index contributed by atoms with van der Waals surface area (Å²) in [5.74, 6) is -3.83. The van der Waals surface area contributed by atoms with Crippen LogP contribution in [0.4, 0.5) is 17.6 Å². The molecule has 7 heteroatoms. The highest BCUT2D eigenvalue weighted by molar-refractivity contribution is 6.02. The molecule has 1 N–H and O–H groups in total. The number of alkyl halides is 2. The molecule has 0 radical (unpaired) electrons. The summed E-state index contributed by atoms with van der Waals surface area (Å²) in [5, 5.41) is 12.9. The lowest BCUT2D eigenvalue weighted by atomic mass is 9.98. The van der Waals surface area contributed by atoms with Crippen LogP contribution in [0.1, 0.15) is 12.0 Å². The van der Waals surface area contributed by atoms with Crippen LogP contribution in [0.15, 0.2) is 47.6 Å². The predicted octanol–water partition coefficient (Wildman–Crippen LogP) is 3.71. The molecule has 2 aromatic rings. The van der Waals surface area contributed by atoms with E-state index in [1.807, 2.05) is 0 Å². The third-order valence-corrected chi connectivity index (χ3v) is 3.53. The molecule has 1 heterocycles. The van der Waals surface area contributed by atoms with Crippen LogP contribution in [0.25, 0.3) is 11.1 Å². The lowest BCUT2D eigenvalue weighted by Gasteiger charge is -2.17. The molecule has 0 fully saturated rings. The van der Waals surface area contributed by atoms with Gasteiger partial charge in [-0.15, -0.1) is 0 Å². The van der Waals surface area contributed by atoms with E-state index in [2.05, 4.69) is 9.99 Å². The molecular weight excluding hydrogens is 314 g/mol. The van der Waals surface area contributed by atoms with Gasteiger partial charge in [-0.1, -0.05) is 23.4 Å². The van der Waals surface area contributed by atoms with E-state index in [1.165, 1.54) is 36.4 Å². The highest BCUT2D eigenvalue weighted by Gasteiger charge is 2.46. The zero-order valence-electron chi connectivity index (χ0n) is 11.6. The van der Waals surface area contributed by atoms with Gasteiger partial charge in [-0.25, -0.2) is 17.6 Å². The van der Waals surface area contributed by atoms with Crippen molar-refractivity contribution >= 4 is 5.71 Å². The molecule has 3 nitrogen and oxygen atoms in total. The van der Waals surface area contributed by atoms with Gasteiger partial charge < -0.3 is 9.94 Å². The third-order valence-electron chi connectivity index (χ3n) is 3.53. The summed E-state index contributed by atoms with van der Waals surface area (Å²) in [6, 6.07) is 9.58. The Balaban J connectivity index is 1.88. The van der Waals surface area contributed by atoms with E-state index in [0.717, 1.165) is 0 Å². The quantitative estimate of drug-likeness (QED) is 0.874. The Morgan fingerprint density at radius 2 is 1.70 bits per heavy atom. The van der Waals surface area contributed by atoms with Crippen LogP contribution in [0.2, 0.25) is 0 Å². The van der Waals surface area contributed by atoms with Gasteiger partial charge in [0.2, 0.25) is 0 Å². The van der Waals surface area contributed by atoms with Crippen LogP contribution >= 0.6 is 0 Å². The van der Waals surface area contributed by atoms with Gasteiger partial charge in [0.1, 0.15) is 11.6 Å². The third kappa shape index (κ3) is 2.92. The maximum atomic E-state index is 14.2. The Labute approximate surface area is 128 Å². The number of oxime groups is 1. The lowest BCUT2D eigenvalue weighted by Crippen LogP contribution is -2.37. The highest BCUT2D eigenvalue weighted by Crippen LogP contribution is 2.31. The van der Waals surface area contributed by atoms with Crippen molar-refractivity contribution < 1.29 is 27.5 Å². The molecule has 1 aliphatic heterocycles. The molecule has 0 spiro atoms. The highest BCUT2D eigenvalue weighted by atomic mass is 19.3. The number of halogens is 4. The fraction of sp³-hybridized carbons (Fsp3) is 0.188. The van der Waals surface area contributed by atoms with E-state index in [1.54, 1.807) is 6.07 Å². The largest absolute Gasteiger partial charge is 0.353 e. The van der Waals surface area contributed by atoms with Crippen molar-refractivity contribution in [1.29, 1.82) is 0 Å². The second-order valence-corrected chi connectivity index (χ2v) is 5.15.